The molecule has 0 aliphatic heterocycles. The maximum absolute atomic E-state index is 13.7. The van der Waals surface area contributed by atoms with Gasteiger partial charge in [0.1, 0.15) is 16.8 Å². The number of hydrogen-bond donors (Lipinski definition) is 0. The second-order valence-corrected chi connectivity index (χ2v) is 5.30. The molecule has 0 amide bonds. The second kappa shape index (κ2) is 5.20. The van der Waals surface area contributed by atoms with E-state index in [1.807, 2.05) is 0 Å². The van der Waals surface area contributed by atoms with E-state index in [1.54, 1.807) is 13.0 Å². The van der Waals surface area contributed by atoms with Crippen LogP contribution in [-0.4, -0.2) is 9.97 Å². The molecule has 0 spiro atoms. The molecule has 0 fully saturated rings. The first-order valence-corrected chi connectivity index (χ1v) is 6.81. The minimum atomic E-state index is -0.579. The van der Waals surface area contributed by atoms with Gasteiger partial charge >= 0.3 is 0 Å². The van der Waals surface area contributed by atoms with Gasteiger partial charge in [0, 0.05) is 16.5 Å². The molecule has 2 aromatic carbocycles. The Hall–Kier alpha value is -1.78. The highest BCUT2D eigenvalue weighted by Gasteiger charge is 2.13. The summed E-state index contributed by atoms with van der Waals surface area (Å²) in [6, 6.07) is 7.04. The lowest BCUT2D eigenvalue weighted by Crippen LogP contribution is -1.96. The van der Waals surface area contributed by atoms with Crippen LogP contribution in [0.15, 0.2) is 30.3 Å². The van der Waals surface area contributed by atoms with Crippen molar-refractivity contribution in [1.82, 2.24) is 9.97 Å². The van der Waals surface area contributed by atoms with Crippen LogP contribution in [0.1, 0.15) is 5.56 Å². The predicted octanol–water partition coefficient (Wildman–Crippen LogP) is 5.19. The molecule has 0 saturated heterocycles. The van der Waals surface area contributed by atoms with Crippen LogP contribution in [0.4, 0.5) is 8.78 Å². The van der Waals surface area contributed by atoms with Crippen LogP contribution >= 0.6 is 23.2 Å². The molecule has 0 unspecified atom stereocenters. The number of benzene rings is 2. The van der Waals surface area contributed by atoms with Gasteiger partial charge in [0.25, 0.3) is 0 Å². The molecule has 2 nitrogen and oxygen atoms in total. The van der Waals surface area contributed by atoms with Crippen LogP contribution < -0.4 is 0 Å². The van der Waals surface area contributed by atoms with Gasteiger partial charge in [0.2, 0.25) is 0 Å². The lowest BCUT2D eigenvalue weighted by molar-refractivity contribution is 0.620. The number of aryl methyl sites for hydroxylation is 1. The van der Waals surface area contributed by atoms with Crippen molar-refractivity contribution in [2.45, 2.75) is 6.92 Å². The van der Waals surface area contributed by atoms with Crippen molar-refractivity contribution in [3.63, 3.8) is 0 Å². The standard InChI is InChI=1S/C15H8Cl2F2N2/c1-7-11(18)5-3-9-13(7)20-15(21-14(9)17)8-2-4-10(16)12(19)6-8/h2-6H,1H3. The minimum Gasteiger partial charge on any atom is -0.228 e. The van der Waals surface area contributed by atoms with E-state index in [0.29, 0.717) is 22.0 Å². The van der Waals surface area contributed by atoms with Crippen molar-refractivity contribution >= 4 is 34.1 Å². The summed E-state index contributed by atoms with van der Waals surface area (Å²) in [5.74, 6) is -0.743. The largest absolute Gasteiger partial charge is 0.228 e. The van der Waals surface area contributed by atoms with Crippen molar-refractivity contribution < 1.29 is 8.78 Å². The molecule has 0 saturated carbocycles. The Morgan fingerprint density at radius 3 is 2.43 bits per heavy atom. The summed E-state index contributed by atoms with van der Waals surface area (Å²) in [5.41, 5.74) is 1.19. The molecule has 1 heterocycles. The third-order valence-electron chi connectivity index (χ3n) is 3.19. The lowest BCUT2D eigenvalue weighted by Gasteiger charge is -2.08. The summed E-state index contributed by atoms with van der Waals surface area (Å²) in [6.07, 6.45) is 0. The summed E-state index contributed by atoms with van der Waals surface area (Å²) in [6.45, 7) is 1.60. The maximum atomic E-state index is 13.7. The normalized spacial score (nSPS) is 11.1. The van der Waals surface area contributed by atoms with Crippen molar-refractivity contribution in [1.29, 1.82) is 0 Å². The first-order valence-electron chi connectivity index (χ1n) is 6.05. The highest BCUT2D eigenvalue weighted by atomic mass is 35.5. The van der Waals surface area contributed by atoms with Crippen molar-refractivity contribution in [3.05, 3.63) is 57.7 Å². The lowest BCUT2D eigenvalue weighted by atomic mass is 10.1. The molecule has 0 bridgehead atoms. The summed E-state index contributed by atoms with van der Waals surface area (Å²) in [4.78, 5) is 8.43. The first kappa shape index (κ1) is 14.2. The smallest absolute Gasteiger partial charge is 0.161 e. The molecular formula is C15H8Cl2F2N2. The zero-order valence-electron chi connectivity index (χ0n) is 10.8. The number of halogens is 4. The number of nitrogens with zero attached hydrogens (tertiary/aromatic N) is 2. The summed E-state index contributed by atoms with van der Waals surface area (Å²) in [5, 5.41) is 0.745. The molecule has 3 aromatic rings. The molecule has 0 N–H and O–H groups in total. The Bertz CT molecular complexity index is 866. The zero-order valence-corrected chi connectivity index (χ0v) is 12.3. The monoisotopic (exact) mass is 324 g/mol. The average Bonchev–Trinajstić information content (AvgIpc) is 2.46. The van der Waals surface area contributed by atoms with Crippen LogP contribution in [0.5, 0.6) is 0 Å². The molecular weight excluding hydrogens is 317 g/mol. The van der Waals surface area contributed by atoms with Gasteiger partial charge in [-0.2, -0.15) is 0 Å². The number of rotatable bonds is 1. The van der Waals surface area contributed by atoms with Gasteiger partial charge in [-0.25, -0.2) is 18.7 Å². The Morgan fingerprint density at radius 2 is 1.71 bits per heavy atom. The van der Waals surface area contributed by atoms with Gasteiger partial charge in [0.15, 0.2) is 5.82 Å². The fraction of sp³-hybridized carbons (Fsp3) is 0.0667. The molecule has 0 aliphatic rings. The van der Waals surface area contributed by atoms with Crippen LogP contribution in [0.3, 0.4) is 0 Å². The molecule has 1 aromatic heterocycles. The van der Waals surface area contributed by atoms with E-state index in [1.165, 1.54) is 24.3 Å². The summed E-state index contributed by atoms with van der Waals surface area (Å²) < 4.78 is 27.2. The van der Waals surface area contributed by atoms with Crippen LogP contribution in [0.25, 0.3) is 22.3 Å². The second-order valence-electron chi connectivity index (χ2n) is 4.54. The van der Waals surface area contributed by atoms with E-state index in [2.05, 4.69) is 9.97 Å². The van der Waals surface area contributed by atoms with E-state index in [-0.39, 0.29) is 21.8 Å². The maximum Gasteiger partial charge on any atom is 0.161 e. The molecule has 0 radical (unpaired) electrons. The summed E-state index contributed by atoms with van der Waals surface area (Å²) in [7, 11) is 0. The quantitative estimate of drug-likeness (QED) is 0.575. The van der Waals surface area contributed by atoms with Crippen LogP contribution in [-0.2, 0) is 0 Å². The highest BCUT2D eigenvalue weighted by molar-refractivity contribution is 6.34. The molecule has 3 rings (SSSR count). The van der Waals surface area contributed by atoms with E-state index in [9.17, 15) is 8.78 Å². The molecule has 6 heteroatoms. The first-order chi connectivity index (χ1) is 9.97. The van der Waals surface area contributed by atoms with E-state index in [4.69, 9.17) is 23.2 Å². The van der Waals surface area contributed by atoms with E-state index < -0.39 is 5.82 Å². The van der Waals surface area contributed by atoms with E-state index >= 15 is 0 Å². The number of fused-ring (bicyclic) bond motifs is 1. The van der Waals surface area contributed by atoms with Crippen LogP contribution in [0.2, 0.25) is 10.2 Å². The number of hydrogen-bond acceptors (Lipinski definition) is 2. The molecule has 0 aliphatic carbocycles. The van der Waals surface area contributed by atoms with Gasteiger partial charge in [-0.15, -0.1) is 0 Å². The Labute approximate surface area is 129 Å². The fourth-order valence-corrected chi connectivity index (χ4v) is 2.38. The average molecular weight is 325 g/mol. The van der Waals surface area contributed by atoms with Gasteiger partial charge in [0.05, 0.1) is 10.5 Å². The van der Waals surface area contributed by atoms with Crippen molar-refractivity contribution in [3.8, 4) is 11.4 Å². The van der Waals surface area contributed by atoms with E-state index in [0.717, 1.165) is 0 Å². The highest BCUT2D eigenvalue weighted by Crippen LogP contribution is 2.29. The SMILES string of the molecule is Cc1c(F)ccc2c(Cl)nc(-c3ccc(Cl)c(F)c3)nc12. The fourth-order valence-electron chi connectivity index (χ4n) is 2.03. The van der Waals surface area contributed by atoms with Gasteiger partial charge in [-0.1, -0.05) is 23.2 Å². The summed E-state index contributed by atoms with van der Waals surface area (Å²) >= 11 is 11.8. The Balaban J connectivity index is 2.28. The minimum absolute atomic E-state index is 0.00728. The van der Waals surface area contributed by atoms with Gasteiger partial charge < -0.3 is 0 Å². The molecule has 106 valence electrons. The van der Waals surface area contributed by atoms with Gasteiger partial charge in [-0.3, -0.25) is 0 Å². The zero-order chi connectivity index (χ0) is 15.1. The third kappa shape index (κ3) is 2.45. The Morgan fingerprint density at radius 1 is 0.952 bits per heavy atom. The molecule has 21 heavy (non-hydrogen) atoms. The van der Waals surface area contributed by atoms with Crippen molar-refractivity contribution in [2.75, 3.05) is 0 Å². The van der Waals surface area contributed by atoms with Crippen LogP contribution in [0, 0.1) is 18.6 Å². The topological polar surface area (TPSA) is 25.8 Å². The Kier molecular flexibility index (Phi) is 3.51. The van der Waals surface area contributed by atoms with Crippen molar-refractivity contribution in [2.24, 2.45) is 0 Å². The third-order valence-corrected chi connectivity index (χ3v) is 3.78. The number of aromatic nitrogens is 2. The predicted molar refractivity (Wildman–Crippen MR) is 79.6 cm³/mol. The van der Waals surface area contributed by atoms with Gasteiger partial charge in [-0.05, 0) is 37.3 Å². The molecule has 0 atom stereocenters.